The average molecular weight is 294 g/mol. The smallest absolute Gasteiger partial charge is 0.0576 e. The average Bonchev–Trinajstić information content (AvgIpc) is 3.20. The van der Waals surface area contributed by atoms with E-state index >= 15 is 0 Å². The van der Waals surface area contributed by atoms with Crippen LogP contribution in [0.1, 0.15) is 59.3 Å². The maximum atomic E-state index is 5.78. The molecule has 1 saturated carbocycles. The van der Waals surface area contributed by atoms with Crippen LogP contribution in [0.3, 0.4) is 0 Å². The van der Waals surface area contributed by atoms with Gasteiger partial charge in [-0.25, -0.2) is 0 Å². The first-order chi connectivity index (χ1) is 10.1. The summed E-state index contributed by atoms with van der Waals surface area (Å²) in [6, 6.07) is 0.666. The molecule has 3 atom stereocenters. The van der Waals surface area contributed by atoms with Crippen molar-refractivity contribution in [1.82, 2.24) is 10.2 Å². The summed E-state index contributed by atoms with van der Waals surface area (Å²) in [5, 5.41) is 3.83. The largest absolute Gasteiger partial charge is 0.378 e. The molecule has 3 heteroatoms. The van der Waals surface area contributed by atoms with Crippen LogP contribution in [-0.2, 0) is 4.74 Å². The minimum atomic E-state index is 0.405. The van der Waals surface area contributed by atoms with Crippen molar-refractivity contribution in [2.45, 2.75) is 77.0 Å². The monoisotopic (exact) mass is 294 g/mol. The molecular formula is C18H34N2O. The third-order valence-corrected chi connectivity index (χ3v) is 6.10. The lowest BCUT2D eigenvalue weighted by Gasteiger charge is -2.50. The molecule has 0 spiro atoms. The van der Waals surface area contributed by atoms with Gasteiger partial charge in [0.15, 0.2) is 0 Å². The third-order valence-electron chi connectivity index (χ3n) is 6.10. The van der Waals surface area contributed by atoms with E-state index < -0.39 is 0 Å². The number of ether oxygens (including phenoxy) is 1. The van der Waals surface area contributed by atoms with Crippen molar-refractivity contribution in [3.8, 4) is 0 Å². The number of rotatable bonds is 6. The second kappa shape index (κ2) is 6.55. The Morgan fingerprint density at radius 3 is 2.71 bits per heavy atom. The molecule has 2 saturated heterocycles. The van der Waals surface area contributed by atoms with Crippen LogP contribution >= 0.6 is 0 Å². The van der Waals surface area contributed by atoms with Gasteiger partial charge >= 0.3 is 0 Å². The molecule has 3 rings (SSSR count). The van der Waals surface area contributed by atoms with E-state index in [0.717, 1.165) is 18.4 Å². The van der Waals surface area contributed by atoms with Crippen LogP contribution in [0.5, 0.6) is 0 Å². The minimum absolute atomic E-state index is 0.405. The van der Waals surface area contributed by atoms with Gasteiger partial charge in [0.25, 0.3) is 0 Å². The van der Waals surface area contributed by atoms with Crippen molar-refractivity contribution in [2.24, 2.45) is 11.8 Å². The molecule has 0 aromatic heterocycles. The maximum absolute atomic E-state index is 5.78. The maximum Gasteiger partial charge on any atom is 0.0576 e. The van der Waals surface area contributed by atoms with Crippen molar-refractivity contribution in [2.75, 3.05) is 26.2 Å². The zero-order valence-corrected chi connectivity index (χ0v) is 14.2. The number of piperazine rings is 1. The van der Waals surface area contributed by atoms with Crippen LogP contribution in [0.25, 0.3) is 0 Å². The standard InChI is InChI=1S/C18H34N2O/c1-14(2)17-12-20(10-4-6-16-7-5-11-21-16)18(3,13-19-17)15-8-9-15/h14-17,19H,4-13H2,1-3H3. The summed E-state index contributed by atoms with van der Waals surface area (Å²) in [5.74, 6) is 1.66. The molecule has 3 nitrogen and oxygen atoms in total. The molecule has 0 bridgehead atoms. The lowest BCUT2D eigenvalue weighted by molar-refractivity contribution is 0.0197. The fourth-order valence-corrected chi connectivity index (χ4v) is 4.24. The molecule has 3 unspecified atom stereocenters. The van der Waals surface area contributed by atoms with Crippen LogP contribution in [0.2, 0.25) is 0 Å². The molecule has 3 aliphatic rings. The van der Waals surface area contributed by atoms with Gasteiger partial charge in [-0.1, -0.05) is 13.8 Å². The number of hydrogen-bond donors (Lipinski definition) is 1. The highest BCUT2D eigenvalue weighted by molar-refractivity contribution is 5.05. The topological polar surface area (TPSA) is 24.5 Å². The van der Waals surface area contributed by atoms with Crippen molar-refractivity contribution in [3.63, 3.8) is 0 Å². The van der Waals surface area contributed by atoms with E-state index in [2.05, 4.69) is 31.0 Å². The lowest BCUT2D eigenvalue weighted by atomic mass is 9.87. The molecular weight excluding hydrogens is 260 g/mol. The van der Waals surface area contributed by atoms with E-state index in [1.54, 1.807) is 0 Å². The molecule has 0 aromatic rings. The molecule has 0 amide bonds. The van der Waals surface area contributed by atoms with Gasteiger partial charge in [-0.3, -0.25) is 4.90 Å². The Balaban J connectivity index is 1.54. The van der Waals surface area contributed by atoms with E-state index in [-0.39, 0.29) is 0 Å². The molecule has 1 aliphatic carbocycles. The molecule has 1 N–H and O–H groups in total. The molecule has 0 aromatic carbocycles. The molecule has 21 heavy (non-hydrogen) atoms. The normalized spacial score (nSPS) is 38.3. The Hall–Kier alpha value is -0.120. The van der Waals surface area contributed by atoms with Crippen molar-refractivity contribution < 1.29 is 4.74 Å². The summed E-state index contributed by atoms with van der Waals surface area (Å²) in [5.41, 5.74) is 0.405. The highest BCUT2D eigenvalue weighted by Crippen LogP contribution is 2.44. The summed E-state index contributed by atoms with van der Waals surface area (Å²) in [7, 11) is 0. The summed E-state index contributed by atoms with van der Waals surface area (Å²) >= 11 is 0. The van der Waals surface area contributed by atoms with Gasteiger partial charge < -0.3 is 10.1 Å². The van der Waals surface area contributed by atoms with Crippen molar-refractivity contribution in [1.29, 1.82) is 0 Å². The van der Waals surface area contributed by atoms with E-state index in [1.165, 1.54) is 58.2 Å². The molecule has 122 valence electrons. The molecule has 0 radical (unpaired) electrons. The summed E-state index contributed by atoms with van der Waals surface area (Å²) < 4.78 is 5.78. The highest BCUT2D eigenvalue weighted by Gasteiger charge is 2.48. The Labute approximate surface area is 130 Å². The van der Waals surface area contributed by atoms with E-state index in [0.29, 0.717) is 17.7 Å². The Kier molecular flexibility index (Phi) is 4.92. The first-order valence-electron chi connectivity index (χ1n) is 9.19. The van der Waals surface area contributed by atoms with Crippen molar-refractivity contribution in [3.05, 3.63) is 0 Å². The minimum Gasteiger partial charge on any atom is -0.378 e. The molecule has 2 heterocycles. The Bertz CT molecular complexity index is 336. The zero-order valence-electron chi connectivity index (χ0n) is 14.2. The predicted octanol–water partition coefficient (Wildman–Crippen LogP) is 3.04. The van der Waals surface area contributed by atoms with Gasteiger partial charge in [-0.2, -0.15) is 0 Å². The fourth-order valence-electron chi connectivity index (χ4n) is 4.24. The van der Waals surface area contributed by atoms with Gasteiger partial charge in [0.1, 0.15) is 0 Å². The van der Waals surface area contributed by atoms with Gasteiger partial charge in [0, 0.05) is 31.3 Å². The molecule has 3 fully saturated rings. The Morgan fingerprint density at radius 1 is 1.29 bits per heavy atom. The van der Waals surface area contributed by atoms with E-state index in [1.807, 2.05) is 0 Å². The van der Waals surface area contributed by atoms with Crippen LogP contribution in [-0.4, -0.2) is 48.8 Å². The summed E-state index contributed by atoms with van der Waals surface area (Å²) in [6.45, 7) is 11.9. The van der Waals surface area contributed by atoms with Gasteiger partial charge in [0.05, 0.1) is 6.10 Å². The van der Waals surface area contributed by atoms with Crippen LogP contribution in [0.15, 0.2) is 0 Å². The van der Waals surface area contributed by atoms with Crippen LogP contribution in [0, 0.1) is 11.8 Å². The van der Waals surface area contributed by atoms with E-state index in [4.69, 9.17) is 4.74 Å². The Morgan fingerprint density at radius 2 is 2.10 bits per heavy atom. The van der Waals surface area contributed by atoms with Gasteiger partial charge in [0.2, 0.25) is 0 Å². The van der Waals surface area contributed by atoms with Crippen molar-refractivity contribution >= 4 is 0 Å². The number of nitrogens with one attached hydrogen (secondary N) is 1. The second-order valence-corrected chi connectivity index (χ2v) is 8.09. The number of hydrogen-bond acceptors (Lipinski definition) is 3. The van der Waals surface area contributed by atoms with E-state index in [9.17, 15) is 0 Å². The zero-order chi connectivity index (χ0) is 14.9. The second-order valence-electron chi connectivity index (χ2n) is 8.09. The molecule has 2 aliphatic heterocycles. The van der Waals surface area contributed by atoms with Crippen LogP contribution < -0.4 is 5.32 Å². The van der Waals surface area contributed by atoms with Gasteiger partial charge in [-0.15, -0.1) is 0 Å². The first kappa shape index (κ1) is 15.8. The number of nitrogens with zero attached hydrogens (tertiary/aromatic N) is 1. The first-order valence-corrected chi connectivity index (χ1v) is 9.19. The summed E-state index contributed by atoms with van der Waals surface area (Å²) in [6.07, 6.45) is 8.55. The highest BCUT2D eigenvalue weighted by atomic mass is 16.5. The fraction of sp³-hybridized carbons (Fsp3) is 1.00. The SMILES string of the molecule is CC(C)C1CN(CCCC2CCCO2)C(C)(C2CC2)CN1. The van der Waals surface area contributed by atoms with Crippen LogP contribution in [0.4, 0.5) is 0 Å². The quantitative estimate of drug-likeness (QED) is 0.815. The predicted molar refractivity (Wildman–Crippen MR) is 87.5 cm³/mol. The third kappa shape index (κ3) is 3.62. The van der Waals surface area contributed by atoms with Gasteiger partial charge in [-0.05, 0) is 63.8 Å². The lowest BCUT2D eigenvalue weighted by Crippen LogP contribution is -2.65. The summed E-state index contributed by atoms with van der Waals surface area (Å²) in [4.78, 5) is 2.82.